The van der Waals surface area contributed by atoms with E-state index in [1.54, 1.807) is 7.11 Å². The topological polar surface area (TPSA) is 59.0 Å². The first kappa shape index (κ1) is 15.4. The van der Waals surface area contributed by atoms with Gasteiger partial charge in [-0.1, -0.05) is 6.42 Å². The van der Waals surface area contributed by atoms with Gasteiger partial charge >= 0.3 is 5.97 Å². The molecule has 0 aromatic carbocycles. The zero-order chi connectivity index (χ0) is 13.2. The largest absolute Gasteiger partial charge is 0.481 e. The van der Waals surface area contributed by atoms with Crippen molar-refractivity contribution < 1.29 is 19.4 Å². The van der Waals surface area contributed by atoms with Crippen molar-refractivity contribution >= 4 is 5.97 Å². The molecule has 5 heteroatoms. The van der Waals surface area contributed by atoms with E-state index in [4.69, 9.17) is 14.6 Å². The van der Waals surface area contributed by atoms with Crippen LogP contribution in [0.3, 0.4) is 0 Å². The summed E-state index contributed by atoms with van der Waals surface area (Å²) in [6.45, 7) is 3.96. The number of rotatable bonds is 9. The van der Waals surface area contributed by atoms with Gasteiger partial charge in [-0.25, -0.2) is 0 Å². The highest BCUT2D eigenvalue weighted by Gasteiger charge is 2.23. The fraction of sp³-hybridized carbons (Fsp3) is 0.923. The lowest BCUT2D eigenvalue weighted by Crippen LogP contribution is -2.42. The number of nitrogens with zero attached hydrogens (tertiary/aromatic N) is 1. The molecule has 1 aliphatic rings. The number of hydrogen-bond donors (Lipinski definition) is 1. The summed E-state index contributed by atoms with van der Waals surface area (Å²) in [6, 6.07) is 0.193. The molecule has 1 N–H and O–H groups in total. The van der Waals surface area contributed by atoms with Crippen LogP contribution in [0.1, 0.15) is 32.1 Å². The Hall–Kier alpha value is -0.650. The number of ether oxygens (including phenoxy) is 2. The Kier molecular flexibility index (Phi) is 7.96. The molecule has 1 heterocycles. The molecule has 106 valence electrons. The normalized spacial score (nSPS) is 21.1. The Balaban J connectivity index is 2.15. The molecule has 5 nitrogen and oxygen atoms in total. The van der Waals surface area contributed by atoms with Crippen molar-refractivity contribution in [1.82, 2.24) is 4.90 Å². The lowest BCUT2D eigenvalue weighted by atomic mass is 9.99. The van der Waals surface area contributed by atoms with E-state index in [1.807, 2.05) is 0 Å². The third-order valence-corrected chi connectivity index (χ3v) is 3.32. The first-order valence-corrected chi connectivity index (χ1v) is 6.76. The fourth-order valence-corrected chi connectivity index (χ4v) is 2.38. The van der Waals surface area contributed by atoms with Crippen LogP contribution in [0, 0.1) is 0 Å². The highest BCUT2D eigenvalue weighted by atomic mass is 16.5. The van der Waals surface area contributed by atoms with E-state index in [1.165, 1.54) is 6.42 Å². The molecule has 1 rings (SSSR count). The summed E-state index contributed by atoms with van der Waals surface area (Å²) in [6.07, 6.45) is 4.47. The van der Waals surface area contributed by atoms with Gasteiger partial charge in [-0.15, -0.1) is 0 Å². The second-order valence-corrected chi connectivity index (χ2v) is 4.74. The number of carboxylic acid groups (broad SMARTS) is 1. The van der Waals surface area contributed by atoms with Crippen LogP contribution in [0.15, 0.2) is 0 Å². The van der Waals surface area contributed by atoms with Gasteiger partial charge in [-0.3, -0.25) is 9.69 Å². The Morgan fingerprint density at radius 3 is 2.89 bits per heavy atom. The average Bonchev–Trinajstić information content (AvgIpc) is 2.35. The number of methoxy groups -OCH3 is 1. The molecule has 1 aliphatic heterocycles. The fourth-order valence-electron chi connectivity index (χ4n) is 2.38. The van der Waals surface area contributed by atoms with Gasteiger partial charge in [0.15, 0.2) is 0 Å². The molecule has 0 bridgehead atoms. The number of piperidine rings is 1. The molecule has 0 aromatic heterocycles. The van der Waals surface area contributed by atoms with Crippen molar-refractivity contribution in [2.45, 2.75) is 38.1 Å². The number of hydrogen-bond acceptors (Lipinski definition) is 4. The van der Waals surface area contributed by atoms with Crippen LogP contribution in [0.5, 0.6) is 0 Å². The first-order chi connectivity index (χ1) is 8.74. The van der Waals surface area contributed by atoms with E-state index in [0.717, 1.165) is 39.0 Å². The number of carboxylic acids is 1. The van der Waals surface area contributed by atoms with Crippen molar-refractivity contribution in [2.24, 2.45) is 0 Å². The molecule has 0 aliphatic carbocycles. The maximum Gasteiger partial charge on any atom is 0.304 e. The second kappa shape index (κ2) is 9.30. The van der Waals surface area contributed by atoms with Gasteiger partial charge in [-0.05, 0) is 25.8 Å². The summed E-state index contributed by atoms with van der Waals surface area (Å²) in [5, 5.41) is 8.88. The third-order valence-electron chi connectivity index (χ3n) is 3.32. The van der Waals surface area contributed by atoms with Gasteiger partial charge in [0.2, 0.25) is 0 Å². The van der Waals surface area contributed by atoms with Crippen LogP contribution in [0.4, 0.5) is 0 Å². The van der Waals surface area contributed by atoms with Gasteiger partial charge in [0.1, 0.15) is 0 Å². The average molecular weight is 259 g/mol. The molecular weight excluding hydrogens is 234 g/mol. The Bertz CT molecular complexity index is 235. The summed E-state index contributed by atoms with van der Waals surface area (Å²) in [5.74, 6) is -0.701. The van der Waals surface area contributed by atoms with E-state index in [0.29, 0.717) is 13.2 Å². The SMILES string of the molecule is COCCCOCCN1CCCCC1CC(=O)O. The quantitative estimate of drug-likeness (QED) is 0.634. The summed E-state index contributed by atoms with van der Waals surface area (Å²) in [7, 11) is 1.68. The third kappa shape index (κ3) is 6.33. The number of aliphatic carboxylic acids is 1. The minimum atomic E-state index is -0.701. The zero-order valence-corrected chi connectivity index (χ0v) is 11.3. The molecule has 0 radical (unpaired) electrons. The molecule has 1 unspecified atom stereocenters. The smallest absolute Gasteiger partial charge is 0.304 e. The van der Waals surface area contributed by atoms with Crippen molar-refractivity contribution in [1.29, 1.82) is 0 Å². The van der Waals surface area contributed by atoms with E-state index in [9.17, 15) is 4.79 Å². The molecule has 1 saturated heterocycles. The monoisotopic (exact) mass is 259 g/mol. The van der Waals surface area contributed by atoms with E-state index < -0.39 is 5.97 Å². The van der Waals surface area contributed by atoms with Crippen molar-refractivity contribution in [3.8, 4) is 0 Å². The standard InChI is InChI=1S/C13H25NO4/c1-17-8-4-9-18-10-7-14-6-3-2-5-12(14)11-13(15)16/h12H,2-11H2,1H3,(H,15,16). The van der Waals surface area contributed by atoms with Crippen LogP contribution in [0.25, 0.3) is 0 Å². The second-order valence-electron chi connectivity index (χ2n) is 4.74. The van der Waals surface area contributed by atoms with Crippen LogP contribution in [-0.4, -0.2) is 62.0 Å². The molecule has 0 saturated carbocycles. The summed E-state index contributed by atoms with van der Waals surface area (Å²) in [4.78, 5) is 13.0. The highest BCUT2D eigenvalue weighted by Crippen LogP contribution is 2.19. The summed E-state index contributed by atoms with van der Waals surface area (Å²) in [5.41, 5.74) is 0. The van der Waals surface area contributed by atoms with E-state index in [-0.39, 0.29) is 12.5 Å². The maximum atomic E-state index is 10.8. The predicted molar refractivity (Wildman–Crippen MR) is 68.8 cm³/mol. The summed E-state index contributed by atoms with van der Waals surface area (Å²) >= 11 is 0. The molecule has 1 atom stereocenters. The molecule has 0 spiro atoms. The van der Waals surface area contributed by atoms with Crippen molar-refractivity contribution in [3.05, 3.63) is 0 Å². The van der Waals surface area contributed by atoms with Crippen LogP contribution in [-0.2, 0) is 14.3 Å². The molecule has 0 aromatic rings. The number of likely N-dealkylation sites (tertiary alicyclic amines) is 1. The predicted octanol–water partition coefficient (Wildman–Crippen LogP) is 1.37. The van der Waals surface area contributed by atoms with Crippen LogP contribution >= 0.6 is 0 Å². The van der Waals surface area contributed by atoms with Gasteiger partial charge in [-0.2, -0.15) is 0 Å². The maximum absolute atomic E-state index is 10.8. The molecule has 0 amide bonds. The van der Waals surface area contributed by atoms with Gasteiger partial charge in [0.05, 0.1) is 13.0 Å². The van der Waals surface area contributed by atoms with Gasteiger partial charge in [0, 0.05) is 32.9 Å². The minimum absolute atomic E-state index is 0.193. The van der Waals surface area contributed by atoms with Crippen molar-refractivity contribution in [3.63, 3.8) is 0 Å². The lowest BCUT2D eigenvalue weighted by molar-refractivity contribution is -0.138. The Morgan fingerprint density at radius 1 is 1.33 bits per heavy atom. The molecule has 1 fully saturated rings. The summed E-state index contributed by atoms with van der Waals surface area (Å²) < 4.78 is 10.5. The van der Waals surface area contributed by atoms with Crippen LogP contribution in [0.2, 0.25) is 0 Å². The van der Waals surface area contributed by atoms with E-state index in [2.05, 4.69) is 4.90 Å². The van der Waals surface area contributed by atoms with Gasteiger partial charge in [0.25, 0.3) is 0 Å². The van der Waals surface area contributed by atoms with Gasteiger partial charge < -0.3 is 14.6 Å². The lowest BCUT2D eigenvalue weighted by Gasteiger charge is -2.34. The minimum Gasteiger partial charge on any atom is -0.481 e. The number of carbonyl (C=O) groups is 1. The Labute approximate surface area is 109 Å². The first-order valence-electron chi connectivity index (χ1n) is 6.76. The van der Waals surface area contributed by atoms with Crippen LogP contribution < -0.4 is 0 Å². The highest BCUT2D eigenvalue weighted by molar-refractivity contribution is 5.67. The molecular formula is C13H25NO4. The molecule has 18 heavy (non-hydrogen) atoms. The zero-order valence-electron chi connectivity index (χ0n) is 11.3. The van der Waals surface area contributed by atoms with E-state index >= 15 is 0 Å². The van der Waals surface area contributed by atoms with Crippen molar-refractivity contribution in [2.75, 3.05) is 40.0 Å². The Morgan fingerprint density at radius 2 is 2.17 bits per heavy atom.